The molecule has 0 aliphatic heterocycles. The Bertz CT molecular complexity index is 1420. The molecule has 0 radical (unpaired) electrons. The Balaban J connectivity index is 1.24. The van der Waals surface area contributed by atoms with Gasteiger partial charge in [0.05, 0.1) is 12.2 Å². The van der Waals surface area contributed by atoms with Gasteiger partial charge in [-0.05, 0) is 40.3 Å². The largest absolute Gasteiger partial charge is 0.310 e. The quantitative estimate of drug-likeness (QED) is 0.212. The second-order valence-electron chi connectivity index (χ2n) is 7.86. The minimum absolute atomic E-state index is 0.344. The van der Waals surface area contributed by atoms with Gasteiger partial charge in [0.2, 0.25) is 5.16 Å². The van der Waals surface area contributed by atoms with Crippen LogP contribution >= 0.6 is 23.4 Å². The van der Waals surface area contributed by atoms with Crippen molar-refractivity contribution in [3.05, 3.63) is 101 Å². The molecule has 0 spiro atoms. The summed E-state index contributed by atoms with van der Waals surface area (Å²) in [6.45, 7) is 1.60. The lowest BCUT2D eigenvalue weighted by atomic mass is 10.1. The molecular formula is C25H22ClFN8S. The Morgan fingerprint density at radius 2 is 1.72 bits per heavy atom. The third-order valence-corrected chi connectivity index (χ3v) is 6.62. The number of halogens is 2. The fourth-order valence-corrected chi connectivity index (χ4v) is 4.63. The van der Waals surface area contributed by atoms with E-state index >= 15 is 0 Å². The molecule has 0 aliphatic carbocycles. The summed E-state index contributed by atoms with van der Waals surface area (Å²) in [5, 5.41) is 26.0. The fourth-order valence-electron chi connectivity index (χ4n) is 3.62. The molecule has 0 amide bonds. The number of rotatable bonds is 10. The van der Waals surface area contributed by atoms with Crippen molar-refractivity contribution in [2.75, 3.05) is 12.3 Å². The zero-order valence-electron chi connectivity index (χ0n) is 19.1. The SMILES string of the molecule is Fc1ccc(Cn2nc(CNCCSc3nnnn3-c3ccccc3)c(-c3ccccc3)n2)c(Cl)c1. The zero-order chi connectivity index (χ0) is 24.7. The first-order valence-corrected chi connectivity index (χ1v) is 12.6. The minimum Gasteiger partial charge on any atom is -0.310 e. The lowest BCUT2D eigenvalue weighted by Gasteiger charge is -2.05. The number of para-hydroxylation sites is 1. The molecule has 0 saturated heterocycles. The molecule has 0 unspecified atom stereocenters. The van der Waals surface area contributed by atoms with Crippen molar-refractivity contribution in [1.82, 2.24) is 40.5 Å². The maximum absolute atomic E-state index is 13.4. The van der Waals surface area contributed by atoms with Gasteiger partial charge in [-0.3, -0.25) is 0 Å². The molecule has 8 nitrogen and oxygen atoms in total. The number of hydrogen-bond donors (Lipinski definition) is 1. The van der Waals surface area contributed by atoms with E-state index < -0.39 is 0 Å². The van der Waals surface area contributed by atoms with Gasteiger partial charge in [0.25, 0.3) is 0 Å². The van der Waals surface area contributed by atoms with Crippen molar-refractivity contribution < 1.29 is 4.39 Å². The number of tetrazole rings is 1. The van der Waals surface area contributed by atoms with Crippen LogP contribution in [0.25, 0.3) is 16.9 Å². The number of benzene rings is 3. The predicted molar refractivity (Wildman–Crippen MR) is 138 cm³/mol. The number of aromatic nitrogens is 7. The molecule has 3 aromatic carbocycles. The Morgan fingerprint density at radius 1 is 0.944 bits per heavy atom. The van der Waals surface area contributed by atoms with Crippen LogP contribution in [0.4, 0.5) is 4.39 Å². The number of nitrogens with one attached hydrogen (secondary N) is 1. The van der Waals surface area contributed by atoms with Crippen LogP contribution in [0, 0.1) is 5.82 Å². The Hall–Kier alpha value is -3.60. The van der Waals surface area contributed by atoms with E-state index in [1.165, 1.54) is 12.1 Å². The average molecular weight is 521 g/mol. The minimum atomic E-state index is -0.372. The second-order valence-corrected chi connectivity index (χ2v) is 9.33. The number of thioether (sulfide) groups is 1. The normalized spacial score (nSPS) is 11.2. The standard InChI is InChI=1S/C25H22ClFN8S/c26-22-15-20(27)12-11-19(22)17-34-30-23(24(31-34)18-7-3-1-4-8-18)16-28-13-14-36-25-29-32-33-35(25)21-9-5-2-6-10-21/h1-12,15,28H,13-14,16-17H2. The van der Waals surface area contributed by atoms with Crippen molar-refractivity contribution in [1.29, 1.82) is 0 Å². The lowest BCUT2D eigenvalue weighted by molar-refractivity contribution is 0.576. The van der Waals surface area contributed by atoms with E-state index in [0.29, 0.717) is 18.1 Å². The highest BCUT2D eigenvalue weighted by molar-refractivity contribution is 7.99. The summed E-state index contributed by atoms with van der Waals surface area (Å²) in [7, 11) is 0. The molecule has 0 saturated carbocycles. The molecule has 1 N–H and O–H groups in total. The van der Waals surface area contributed by atoms with Crippen molar-refractivity contribution >= 4 is 23.4 Å². The summed E-state index contributed by atoms with van der Waals surface area (Å²) in [5.74, 6) is 0.399. The van der Waals surface area contributed by atoms with Crippen LogP contribution in [-0.2, 0) is 13.1 Å². The van der Waals surface area contributed by atoms with Crippen LogP contribution in [0.15, 0.2) is 84.0 Å². The summed E-state index contributed by atoms with van der Waals surface area (Å²) >= 11 is 7.79. The van der Waals surface area contributed by atoms with Crippen LogP contribution in [0.2, 0.25) is 5.02 Å². The monoisotopic (exact) mass is 520 g/mol. The van der Waals surface area contributed by atoms with Crippen LogP contribution in [0.1, 0.15) is 11.3 Å². The predicted octanol–water partition coefficient (Wildman–Crippen LogP) is 4.64. The van der Waals surface area contributed by atoms with E-state index in [1.54, 1.807) is 27.3 Å². The van der Waals surface area contributed by atoms with Gasteiger partial charge in [-0.15, -0.1) is 5.10 Å². The maximum atomic E-state index is 13.4. The average Bonchev–Trinajstić information content (AvgIpc) is 3.54. The number of nitrogens with zero attached hydrogens (tertiary/aromatic N) is 7. The van der Waals surface area contributed by atoms with Gasteiger partial charge in [0.1, 0.15) is 17.2 Å². The third kappa shape index (κ3) is 5.78. The molecule has 36 heavy (non-hydrogen) atoms. The lowest BCUT2D eigenvalue weighted by Crippen LogP contribution is -2.18. The molecular weight excluding hydrogens is 499 g/mol. The fraction of sp³-hybridized carbons (Fsp3) is 0.160. The molecule has 11 heteroatoms. The molecule has 2 heterocycles. The molecule has 0 atom stereocenters. The van der Waals surface area contributed by atoms with Gasteiger partial charge in [-0.25, -0.2) is 4.39 Å². The molecule has 0 aliphatic rings. The maximum Gasteiger partial charge on any atom is 0.214 e. The molecule has 0 bridgehead atoms. The first-order valence-electron chi connectivity index (χ1n) is 11.3. The molecule has 5 rings (SSSR count). The van der Waals surface area contributed by atoms with Crippen molar-refractivity contribution in [2.24, 2.45) is 0 Å². The Morgan fingerprint density at radius 3 is 2.50 bits per heavy atom. The first kappa shape index (κ1) is 24.1. The third-order valence-electron chi connectivity index (χ3n) is 5.34. The van der Waals surface area contributed by atoms with E-state index in [9.17, 15) is 4.39 Å². The number of hydrogen-bond acceptors (Lipinski definition) is 7. The highest BCUT2D eigenvalue weighted by Gasteiger charge is 2.15. The van der Waals surface area contributed by atoms with E-state index in [4.69, 9.17) is 21.8 Å². The second kappa shape index (κ2) is 11.4. The Kier molecular flexibility index (Phi) is 7.65. The smallest absolute Gasteiger partial charge is 0.214 e. The summed E-state index contributed by atoms with van der Waals surface area (Å²) < 4.78 is 15.2. The summed E-state index contributed by atoms with van der Waals surface area (Å²) in [4.78, 5) is 1.60. The van der Waals surface area contributed by atoms with E-state index in [1.807, 2.05) is 60.7 Å². The van der Waals surface area contributed by atoms with Gasteiger partial charge in [0, 0.05) is 29.4 Å². The van der Waals surface area contributed by atoms with Crippen molar-refractivity contribution in [2.45, 2.75) is 18.2 Å². The summed E-state index contributed by atoms with van der Waals surface area (Å²) in [5.41, 5.74) is 4.26. The molecule has 2 aromatic heterocycles. The first-order chi connectivity index (χ1) is 17.7. The molecule has 0 fully saturated rings. The summed E-state index contributed by atoms with van der Waals surface area (Å²) in [6, 6.07) is 24.0. The van der Waals surface area contributed by atoms with Gasteiger partial charge in [0.15, 0.2) is 0 Å². The Labute approximate surface area is 216 Å². The highest BCUT2D eigenvalue weighted by Crippen LogP contribution is 2.23. The molecule has 5 aromatic rings. The van der Waals surface area contributed by atoms with Gasteiger partial charge >= 0.3 is 0 Å². The topological polar surface area (TPSA) is 86.3 Å². The van der Waals surface area contributed by atoms with Crippen LogP contribution in [-0.4, -0.2) is 47.5 Å². The highest BCUT2D eigenvalue weighted by atomic mass is 35.5. The van der Waals surface area contributed by atoms with Gasteiger partial charge in [-0.1, -0.05) is 78.0 Å². The van der Waals surface area contributed by atoms with Crippen LogP contribution in [0.3, 0.4) is 0 Å². The van der Waals surface area contributed by atoms with Crippen LogP contribution in [0.5, 0.6) is 0 Å². The van der Waals surface area contributed by atoms with Crippen LogP contribution < -0.4 is 5.32 Å². The van der Waals surface area contributed by atoms with Crippen molar-refractivity contribution in [3.8, 4) is 16.9 Å². The van der Waals surface area contributed by atoms with E-state index in [-0.39, 0.29) is 5.82 Å². The van der Waals surface area contributed by atoms with E-state index in [2.05, 4.69) is 20.8 Å². The summed E-state index contributed by atoms with van der Waals surface area (Å²) in [6.07, 6.45) is 0. The van der Waals surface area contributed by atoms with E-state index in [0.717, 1.165) is 45.7 Å². The molecule has 182 valence electrons. The van der Waals surface area contributed by atoms with Gasteiger partial charge < -0.3 is 5.32 Å². The van der Waals surface area contributed by atoms with Gasteiger partial charge in [-0.2, -0.15) is 19.7 Å². The van der Waals surface area contributed by atoms with Crippen molar-refractivity contribution in [3.63, 3.8) is 0 Å². The zero-order valence-corrected chi connectivity index (χ0v) is 20.7.